The molecule has 1 aliphatic heterocycles. The average Bonchev–Trinajstić information content (AvgIpc) is 2.89. The zero-order chi connectivity index (χ0) is 25.1. The van der Waals surface area contributed by atoms with Crippen LogP contribution in [0.15, 0.2) is 30.3 Å². The van der Waals surface area contributed by atoms with E-state index in [0.717, 1.165) is 32.1 Å². The molecule has 188 valence electrons. The van der Waals surface area contributed by atoms with Crippen LogP contribution in [0.4, 0.5) is 5.69 Å². The van der Waals surface area contributed by atoms with Crippen molar-refractivity contribution < 1.29 is 33.6 Å². The number of carbonyl (C=O) groups is 2. The standard InChI is InChI=1S/C26H32N2O7/c1-32-19-11-10-16(12-18(19)29)23-22(27-25(30)15-8-6-5-7-9-15)26(31)28(23)17-13-20(33-2)24(35-4)21(14-17)34-3/h10-15,22-23,29H,5-9H2,1-4H3,(H,27,30)/t22-,23-/m0/s1. The van der Waals surface area contributed by atoms with E-state index in [1.807, 2.05) is 0 Å². The monoisotopic (exact) mass is 484 g/mol. The maximum Gasteiger partial charge on any atom is 0.252 e. The highest BCUT2D eigenvalue weighted by Crippen LogP contribution is 2.47. The van der Waals surface area contributed by atoms with E-state index in [0.29, 0.717) is 34.2 Å². The van der Waals surface area contributed by atoms with Gasteiger partial charge in [0.15, 0.2) is 23.0 Å². The molecule has 2 fully saturated rings. The summed E-state index contributed by atoms with van der Waals surface area (Å²) < 4.78 is 21.5. The third-order valence-electron chi connectivity index (χ3n) is 6.84. The second kappa shape index (κ2) is 10.3. The topological polar surface area (TPSA) is 107 Å². The molecule has 0 bridgehead atoms. The van der Waals surface area contributed by atoms with Crippen molar-refractivity contribution in [2.75, 3.05) is 33.3 Å². The Labute approximate surface area is 204 Å². The molecule has 0 radical (unpaired) electrons. The number of methoxy groups -OCH3 is 4. The molecule has 1 saturated heterocycles. The number of nitrogens with one attached hydrogen (secondary N) is 1. The number of carbonyl (C=O) groups excluding carboxylic acids is 2. The summed E-state index contributed by atoms with van der Waals surface area (Å²) in [5, 5.41) is 13.4. The molecule has 2 aromatic carbocycles. The van der Waals surface area contributed by atoms with Gasteiger partial charge in [-0.05, 0) is 30.5 Å². The largest absolute Gasteiger partial charge is 0.504 e. The lowest BCUT2D eigenvalue weighted by molar-refractivity contribution is -0.135. The maximum absolute atomic E-state index is 13.4. The van der Waals surface area contributed by atoms with Crippen LogP contribution in [0.5, 0.6) is 28.7 Å². The van der Waals surface area contributed by atoms with Crippen LogP contribution in [0.3, 0.4) is 0 Å². The third-order valence-corrected chi connectivity index (χ3v) is 6.84. The van der Waals surface area contributed by atoms with Gasteiger partial charge in [0.2, 0.25) is 11.7 Å². The van der Waals surface area contributed by atoms with Crippen LogP contribution < -0.4 is 29.2 Å². The Morgan fingerprint density at radius 2 is 1.54 bits per heavy atom. The SMILES string of the molecule is COc1ccc([C@H]2[C@H](NC(=O)C3CCCCC3)C(=O)N2c2cc(OC)c(OC)c(OC)c2)cc1O. The number of nitrogens with zero attached hydrogens (tertiary/aromatic N) is 1. The Bertz CT molecular complexity index is 1070. The summed E-state index contributed by atoms with van der Waals surface area (Å²) in [6, 6.07) is 7.04. The van der Waals surface area contributed by atoms with Crippen molar-refractivity contribution in [2.45, 2.75) is 44.2 Å². The summed E-state index contributed by atoms with van der Waals surface area (Å²) >= 11 is 0. The predicted octanol–water partition coefficient (Wildman–Crippen LogP) is 3.58. The van der Waals surface area contributed by atoms with Gasteiger partial charge in [-0.3, -0.25) is 9.59 Å². The van der Waals surface area contributed by atoms with Crippen LogP contribution in [0, 0.1) is 5.92 Å². The molecule has 9 heteroatoms. The van der Waals surface area contributed by atoms with Crippen molar-refractivity contribution in [3.8, 4) is 28.7 Å². The van der Waals surface area contributed by atoms with Crippen LogP contribution in [0.1, 0.15) is 43.7 Å². The van der Waals surface area contributed by atoms with Crippen molar-refractivity contribution in [1.82, 2.24) is 5.32 Å². The Morgan fingerprint density at radius 3 is 2.09 bits per heavy atom. The Kier molecular flexibility index (Phi) is 7.23. The molecule has 1 saturated carbocycles. The first-order valence-electron chi connectivity index (χ1n) is 11.7. The zero-order valence-electron chi connectivity index (χ0n) is 20.5. The molecule has 1 aliphatic carbocycles. The van der Waals surface area contributed by atoms with Gasteiger partial charge in [0.25, 0.3) is 5.91 Å². The van der Waals surface area contributed by atoms with Gasteiger partial charge in [0, 0.05) is 18.1 Å². The number of hydrogen-bond donors (Lipinski definition) is 2. The quantitative estimate of drug-likeness (QED) is 0.552. The fraction of sp³-hybridized carbons (Fsp3) is 0.462. The molecular formula is C26H32N2O7. The summed E-state index contributed by atoms with van der Waals surface area (Å²) in [6.07, 6.45) is 4.83. The van der Waals surface area contributed by atoms with Crippen LogP contribution in [-0.4, -0.2) is 51.4 Å². The van der Waals surface area contributed by atoms with E-state index < -0.39 is 12.1 Å². The Hall–Kier alpha value is -3.62. The summed E-state index contributed by atoms with van der Waals surface area (Å²) in [5.74, 6) is 1.04. The molecule has 2 atom stereocenters. The van der Waals surface area contributed by atoms with E-state index in [2.05, 4.69) is 5.32 Å². The summed E-state index contributed by atoms with van der Waals surface area (Å²) in [7, 11) is 5.99. The highest BCUT2D eigenvalue weighted by Gasteiger charge is 2.50. The van der Waals surface area contributed by atoms with E-state index in [1.54, 1.807) is 35.2 Å². The summed E-state index contributed by atoms with van der Waals surface area (Å²) in [6.45, 7) is 0. The molecule has 2 amide bonds. The van der Waals surface area contributed by atoms with E-state index in [-0.39, 0.29) is 23.5 Å². The van der Waals surface area contributed by atoms with Crippen LogP contribution in [0.2, 0.25) is 0 Å². The molecule has 9 nitrogen and oxygen atoms in total. The van der Waals surface area contributed by atoms with Crippen LogP contribution in [0.25, 0.3) is 0 Å². The highest BCUT2D eigenvalue weighted by atomic mass is 16.5. The van der Waals surface area contributed by atoms with Gasteiger partial charge in [-0.2, -0.15) is 0 Å². The van der Waals surface area contributed by atoms with Gasteiger partial charge < -0.3 is 34.3 Å². The number of phenolic OH excluding ortho intramolecular Hbond substituents is 1. The van der Waals surface area contributed by atoms with Crippen molar-refractivity contribution >= 4 is 17.5 Å². The number of amides is 2. The van der Waals surface area contributed by atoms with E-state index in [4.69, 9.17) is 18.9 Å². The third kappa shape index (κ3) is 4.54. The zero-order valence-corrected chi connectivity index (χ0v) is 20.5. The van der Waals surface area contributed by atoms with Crippen molar-refractivity contribution in [3.63, 3.8) is 0 Å². The summed E-state index contributed by atoms with van der Waals surface area (Å²) in [5.41, 5.74) is 1.18. The van der Waals surface area contributed by atoms with Gasteiger partial charge in [0.1, 0.15) is 6.04 Å². The molecule has 2 aliphatic rings. The first-order chi connectivity index (χ1) is 16.9. The molecule has 4 rings (SSSR count). The minimum atomic E-state index is -0.767. The molecule has 1 heterocycles. The van der Waals surface area contributed by atoms with Gasteiger partial charge in [-0.15, -0.1) is 0 Å². The van der Waals surface area contributed by atoms with Gasteiger partial charge in [0.05, 0.1) is 40.2 Å². The number of rotatable bonds is 8. The predicted molar refractivity (Wildman–Crippen MR) is 129 cm³/mol. The van der Waals surface area contributed by atoms with E-state index >= 15 is 0 Å². The Balaban J connectivity index is 1.71. The molecule has 35 heavy (non-hydrogen) atoms. The number of hydrogen-bond acceptors (Lipinski definition) is 7. The smallest absolute Gasteiger partial charge is 0.252 e. The number of anilines is 1. The fourth-order valence-corrected chi connectivity index (χ4v) is 4.99. The number of β-lactam (4-membered cyclic amide) rings is 1. The average molecular weight is 485 g/mol. The van der Waals surface area contributed by atoms with Crippen molar-refractivity contribution in [2.24, 2.45) is 5.92 Å². The lowest BCUT2D eigenvalue weighted by atomic mass is 9.85. The fourth-order valence-electron chi connectivity index (χ4n) is 4.99. The second-order valence-electron chi connectivity index (χ2n) is 8.79. The number of ether oxygens (including phenoxy) is 4. The Morgan fingerprint density at radius 1 is 0.914 bits per heavy atom. The molecule has 0 aromatic heterocycles. The molecule has 0 spiro atoms. The molecule has 0 unspecified atom stereocenters. The maximum atomic E-state index is 13.4. The number of phenols is 1. The highest BCUT2D eigenvalue weighted by molar-refractivity contribution is 6.08. The number of benzene rings is 2. The molecule has 2 aromatic rings. The van der Waals surface area contributed by atoms with Gasteiger partial charge in [-0.25, -0.2) is 0 Å². The molecule has 2 N–H and O–H groups in total. The minimum Gasteiger partial charge on any atom is -0.504 e. The summed E-state index contributed by atoms with van der Waals surface area (Å²) in [4.78, 5) is 28.0. The van der Waals surface area contributed by atoms with E-state index in [9.17, 15) is 14.7 Å². The minimum absolute atomic E-state index is 0.0495. The normalized spacial score (nSPS) is 20.1. The van der Waals surface area contributed by atoms with Crippen LogP contribution in [-0.2, 0) is 9.59 Å². The van der Waals surface area contributed by atoms with Gasteiger partial charge >= 0.3 is 0 Å². The molecular weight excluding hydrogens is 452 g/mol. The van der Waals surface area contributed by atoms with Crippen molar-refractivity contribution in [1.29, 1.82) is 0 Å². The van der Waals surface area contributed by atoms with Crippen LogP contribution >= 0.6 is 0 Å². The first kappa shape index (κ1) is 24.5. The van der Waals surface area contributed by atoms with Crippen molar-refractivity contribution in [3.05, 3.63) is 35.9 Å². The van der Waals surface area contributed by atoms with E-state index in [1.165, 1.54) is 28.4 Å². The van der Waals surface area contributed by atoms with Gasteiger partial charge in [-0.1, -0.05) is 25.3 Å². The second-order valence-corrected chi connectivity index (χ2v) is 8.79. The first-order valence-corrected chi connectivity index (χ1v) is 11.7. The lowest BCUT2D eigenvalue weighted by Crippen LogP contribution is -2.66. The number of aromatic hydroxyl groups is 1. The lowest BCUT2D eigenvalue weighted by Gasteiger charge is -2.48.